The molecule has 0 aliphatic carbocycles. The van der Waals surface area contributed by atoms with Crippen LogP contribution in [-0.2, 0) is 16.2 Å². The Morgan fingerprint density at radius 2 is 1.81 bits per heavy atom. The van der Waals surface area contributed by atoms with Gasteiger partial charge in [-0.3, -0.25) is 0 Å². The fourth-order valence-electron chi connectivity index (χ4n) is 2.69. The van der Waals surface area contributed by atoms with Gasteiger partial charge in [0.2, 0.25) is 15.2 Å². The van der Waals surface area contributed by atoms with Crippen LogP contribution in [0.15, 0.2) is 29.2 Å². The van der Waals surface area contributed by atoms with E-state index in [2.05, 4.69) is 9.36 Å². The van der Waals surface area contributed by atoms with E-state index in [1.54, 1.807) is 0 Å². The van der Waals surface area contributed by atoms with Gasteiger partial charge in [-0.2, -0.15) is 21.9 Å². The fourth-order valence-corrected chi connectivity index (χ4v) is 5.02. The van der Waals surface area contributed by atoms with Crippen molar-refractivity contribution in [1.29, 1.82) is 0 Å². The molecule has 1 aromatic carbocycles. The SMILES string of the molecule is CC(C)c1nsc(N2CCN(S(=O)(=O)c3cccc(C(F)(F)F)c3)CC2)n1. The summed E-state index contributed by atoms with van der Waals surface area (Å²) in [7, 11) is -3.98. The van der Waals surface area contributed by atoms with Crippen molar-refractivity contribution in [2.24, 2.45) is 0 Å². The molecule has 2 aromatic rings. The van der Waals surface area contributed by atoms with Gasteiger partial charge >= 0.3 is 6.18 Å². The van der Waals surface area contributed by atoms with Crippen molar-refractivity contribution < 1.29 is 21.6 Å². The van der Waals surface area contributed by atoms with E-state index in [1.165, 1.54) is 21.9 Å². The molecule has 0 saturated carbocycles. The zero-order valence-corrected chi connectivity index (χ0v) is 16.4. The molecule has 11 heteroatoms. The number of piperazine rings is 1. The number of aromatic nitrogens is 2. The highest BCUT2D eigenvalue weighted by Crippen LogP contribution is 2.31. The first-order chi connectivity index (χ1) is 12.6. The van der Waals surface area contributed by atoms with E-state index in [1.807, 2.05) is 18.7 Å². The van der Waals surface area contributed by atoms with Crippen molar-refractivity contribution in [3.05, 3.63) is 35.7 Å². The lowest BCUT2D eigenvalue weighted by molar-refractivity contribution is -0.137. The average Bonchev–Trinajstić information content (AvgIpc) is 3.12. The summed E-state index contributed by atoms with van der Waals surface area (Å²) >= 11 is 1.27. The van der Waals surface area contributed by atoms with Gasteiger partial charge in [0, 0.05) is 43.6 Å². The number of hydrogen-bond acceptors (Lipinski definition) is 6. The molecular formula is C16H19F3N4O2S2. The van der Waals surface area contributed by atoms with E-state index in [0.29, 0.717) is 19.2 Å². The second-order valence-electron chi connectivity index (χ2n) is 6.51. The number of hydrogen-bond donors (Lipinski definition) is 0. The van der Waals surface area contributed by atoms with Crippen LogP contribution in [0.1, 0.15) is 31.2 Å². The Bertz CT molecular complexity index is 904. The number of rotatable bonds is 4. The van der Waals surface area contributed by atoms with Crippen LogP contribution in [0.3, 0.4) is 0 Å². The molecule has 0 amide bonds. The number of sulfonamides is 1. The van der Waals surface area contributed by atoms with E-state index in [-0.39, 0.29) is 23.9 Å². The molecule has 0 radical (unpaired) electrons. The molecule has 0 spiro atoms. The quantitative estimate of drug-likeness (QED) is 0.760. The van der Waals surface area contributed by atoms with Gasteiger partial charge in [-0.05, 0) is 18.2 Å². The summed E-state index contributed by atoms with van der Waals surface area (Å²) in [6.07, 6.45) is -4.59. The minimum Gasteiger partial charge on any atom is -0.344 e. The first kappa shape index (κ1) is 20.0. The third-order valence-corrected chi connectivity index (χ3v) is 6.94. The minimum absolute atomic E-state index is 0.176. The van der Waals surface area contributed by atoms with Crippen molar-refractivity contribution >= 4 is 26.7 Å². The molecule has 1 aromatic heterocycles. The molecule has 0 atom stereocenters. The van der Waals surface area contributed by atoms with Crippen LogP contribution in [0.25, 0.3) is 0 Å². The normalized spacial score (nSPS) is 16.9. The Balaban J connectivity index is 1.73. The van der Waals surface area contributed by atoms with E-state index in [0.717, 1.165) is 23.1 Å². The zero-order valence-electron chi connectivity index (χ0n) is 14.8. The zero-order chi connectivity index (χ0) is 19.8. The van der Waals surface area contributed by atoms with Gasteiger partial charge in [-0.1, -0.05) is 19.9 Å². The fraction of sp³-hybridized carbons (Fsp3) is 0.500. The third kappa shape index (κ3) is 4.25. The Morgan fingerprint density at radius 3 is 2.37 bits per heavy atom. The first-order valence-corrected chi connectivity index (χ1v) is 10.6. The maximum absolute atomic E-state index is 12.9. The van der Waals surface area contributed by atoms with Crippen molar-refractivity contribution in [3.63, 3.8) is 0 Å². The third-order valence-electron chi connectivity index (χ3n) is 4.26. The summed E-state index contributed by atoms with van der Waals surface area (Å²) in [6, 6.07) is 3.84. The molecule has 1 fully saturated rings. The van der Waals surface area contributed by atoms with Crippen molar-refractivity contribution in [3.8, 4) is 0 Å². The topological polar surface area (TPSA) is 66.4 Å². The summed E-state index contributed by atoms with van der Waals surface area (Å²) in [4.78, 5) is 6.06. The standard InChI is InChI=1S/C16H19F3N4O2S2/c1-11(2)14-20-15(26-21-14)22-6-8-23(9-7-22)27(24,25)13-5-3-4-12(10-13)16(17,18)19/h3-5,10-11H,6-9H2,1-2H3. The Morgan fingerprint density at radius 1 is 1.15 bits per heavy atom. The van der Waals surface area contributed by atoms with Gasteiger partial charge in [-0.25, -0.2) is 13.4 Å². The predicted molar refractivity (Wildman–Crippen MR) is 96.4 cm³/mol. The molecule has 148 valence electrons. The molecule has 3 rings (SSSR count). The predicted octanol–water partition coefficient (Wildman–Crippen LogP) is 3.19. The number of nitrogens with zero attached hydrogens (tertiary/aromatic N) is 4. The lowest BCUT2D eigenvalue weighted by Gasteiger charge is -2.33. The minimum atomic E-state index is -4.59. The molecule has 2 heterocycles. The molecule has 27 heavy (non-hydrogen) atoms. The van der Waals surface area contributed by atoms with Crippen molar-refractivity contribution in [1.82, 2.24) is 13.7 Å². The maximum atomic E-state index is 12.9. The molecule has 1 saturated heterocycles. The van der Waals surface area contributed by atoms with E-state index in [4.69, 9.17) is 0 Å². The molecule has 0 N–H and O–H groups in total. The number of halogens is 3. The Labute approximate surface area is 159 Å². The second kappa shape index (κ2) is 7.36. The highest BCUT2D eigenvalue weighted by Gasteiger charge is 2.34. The summed E-state index contributed by atoms with van der Waals surface area (Å²) in [5.41, 5.74) is -0.975. The Kier molecular flexibility index (Phi) is 5.46. The van der Waals surface area contributed by atoms with Crippen LogP contribution >= 0.6 is 11.5 Å². The largest absolute Gasteiger partial charge is 0.416 e. The van der Waals surface area contributed by atoms with Crippen LogP contribution in [0.2, 0.25) is 0 Å². The van der Waals surface area contributed by atoms with Gasteiger partial charge in [0.1, 0.15) is 5.82 Å². The summed E-state index contributed by atoms with van der Waals surface area (Å²) in [6.45, 7) is 5.15. The van der Waals surface area contributed by atoms with Gasteiger partial charge < -0.3 is 4.90 Å². The first-order valence-electron chi connectivity index (χ1n) is 8.35. The van der Waals surface area contributed by atoms with E-state index < -0.39 is 21.8 Å². The maximum Gasteiger partial charge on any atom is 0.416 e. The van der Waals surface area contributed by atoms with Crippen molar-refractivity contribution in [2.75, 3.05) is 31.1 Å². The lowest BCUT2D eigenvalue weighted by Crippen LogP contribution is -2.48. The van der Waals surface area contributed by atoms with Gasteiger partial charge in [0.05, 0.1) is 10.5 Å². The highest BCUT2D eigenvalue weighted by atomic mass is 32.2. The second-order valence-corrected chi connectivity index (χ2v) is 9.17. The summed E-state index contributed by atoms with van der Waals surface area (Å²) in [5, 5.41) is 0.731. The number of alkyl halides is 3. The average molecular weight is 420 g/mol. The van der Waals surface area contributed by atoms with Gasteiger partial charge in [-0.15, -0.1) is 0 Å². The van der Waals surface area contributed by atoms with Gasteiger partial charge in [0.25, 0.3) is 0 Å². The van der Waals surface area contributed by atoms with E-state index in [9.17, 15) is 21.6 Å². The van der Waals surface area contributed by atoms with Crippen molar-refractivity contribution in [2.45, 2.75) is 30.8 Å². The molecule has 6 nitrogen and oxygen atoms in total. The van der Waals surface area contributed by atoms with Gasteiger partial charge in [0.15, 0.2) is 0 Å². The molecule has 0 bridgehead atoms. The number of benzene rings is 1. The van der Waals surface area contributed by atoms with Crippen LogP contribution in [0.4, 0.5) is 18.3 Å². The van der Waals surface area contributed by atoms with Crippen LogP contribution < -0.4 is 4.90 Å². The lowest BCUT2D eigenvalue weighted by atomic mass is 10.2. The monoisotopic (exact) mass is 420 g/mol. The molecule has 1 aliphatic rings. The summed E-state index contributed by atoms with van der Waals surface area (Å²) < 4.78 is 69.5. The smallest absolute Gasteiger partial charge is 0.344 e. The highest BCUT2D eigenvalue weighted by molar-refractivity contribution is 7.89. The molecule has 0 unspecified atom stereocenters. The van der Waals surface area contributed by atoms with Crippen LogP contribution in [0.5, 0.6) is 0 Å². The van der Waals surface area contributed by atoms with Crippen LogP contribution in [0, 0.1) is 0 Å². The Hall–Kier alpha value is -1.72. The van der Waals surface area contributed by atoms with E-state index >= 15 is 0 Å². The molecule has 1 aliphatic heterocycles. The number of anilines is 1. The molecular weight excluding hydrogens is 401 g/mol. The summed E-state index contributed by atoms with van der Waals surface area (Å²) in [5.74, 6) is 0.951. The van der Waals surface area contributed by atoms with Crippen LogP contribution in [-0.4, -0.2) is 48.3 Å².